The number of carbonyl (C=O) groups excluding carboxylic acids is 1. The summed E-state index contributed by atoms with van der Waals surface area (Å²) in [5.74, 6) is 0.868. The number of phenols is 1. The molecule has 0 atom stereocenters. The van der Waals surface area contributed by atoms with Crippen molar-refractivity contribution < 1.29 is 19.1 Å². The van der Waals surface area contributed by atoms with E-state index in [1.807, 2.05) is 6.07 Å². The predicted octanol–water partition coefficient (Wildman–Crippen LogP) is 3.29. The minimum Gasteiger partial charge on any atom is -0.504 e. The van der Waals surface area contributed by atoms with E-state index in [9.17, 15) is 9.90 Å². The summed E-state index contributed by atoms with van der Waals surface area (Å²) in [6.07, 6.45) is 1.58. The standard InChI is InChI=1S/C19H18N2O4/c1-12-14(6-7-15(21-12)17-4-3-9-25-17)19(23)20-11-13-5-8-16(22)18(10-13)24-2/h3-10,22H,11H2,1-2H3,(H,20,23). The molecule has 0 unspecified atom stereocenters. The molecule has 0 saturated heterocycles. The zero-order valence-electron chi connectivity index (χ0n) is 13.9. The first-order valence-electron chi connectivity index (χ1n) is 7.74. The topological polar surface area (TPSA) is 84.6 Å². The predicted molar refractivity (Wildman–Crippen MR) is 92.5 cm³/mol. The van der Waals surface area contributed by atoms with Gasteiger partial charge in [-0.3, -0.25) is 4.79 Å². The first-order chi connectivity index (χ1) is 12.1. The highest BCUT2D eigenvalue weighted by Gasteiger charge is 2.12. The van der Waals surface area contributed by atoms with E-state index in [0.29, 0.717) is 35.0 Å². The maximum atomic E-state index is 12.4. The van der Waals surface area contributed by atoms with Gasteiger partial charge < -0.3 is 19.6 Å². The SMILES string of the molecule is COc1cc(CNC(=O)c2ccc(-c3ccco3)nc2C)ccc1O. The van der Waals surface area contributed by atoms with Crippen LogP contribution in [-0.2, 0) is 6.54 Å². The van der Waals surface area contributed by atoms with Crippen molar-refractivity contribution in [3.05, 3.63) is 65.5 Å². The van der Waals surface area contributed by atoms with Crippen LogP contribution in [0.5, 0.6) is 11.5 Å². The zero-order valence-corrected chi connectivity index (χ0v) is 13.9. The molecule has 0 saturated carbocycles. The Balaban J connectivity index is 1.71. The molecule has 3 aromatic rings. The van der Waals surface area contributed by atoms with Crippen LogP contribution in [0.15, 0.2) is 53.1 Å². The Labute approximate surface area is 145 Å². The lowest BCUT2D eigenvalue weighted by Gasteiger charge is -2.10. The van der Waals surface area contributed by atoms with Crippen LogP contribution in [0.3, 0.4) is 0 Å². The Hall–Kier alpha value is -3.28. The molecule has 128 valence electrons. The summed E-state index contributed by atoms with van der Waals surface area (Å²) >= 11 is 0. The maximum absolute atomic E-state index is 12.4. The van der Waals surface area contributed by atoms with E-state index in [2.05, 4.69) is 10.3 Å². The molecule has 0 aliphatic carbocycles. The van der Waals surface area contributed by atoms with Crippen molar-refractivity contribution in [2.24, 2.45) is 0 Å². The number of nitrogens with one attached hydrogen (secondary N) is 1. The first kappa shape index (κ1) is 16.6. The van der Waals surface area contributed by atoms with E-state index in [1.54, 1.807) is 43.5 Å². The molecule has 0 radical (unpaired) electrons. The van der Waals surface area contributed by atoms with Crippen LogP contribution in [-0.4, -0.2) is 23.1 Å². The molecule has 0 aliphatic heterocycles. The van der Waals surface area contributed by atoms with Crippen molar-refractivity contribution in [3.63, 3.8) is 0 Å². The fourth-order valence-electron chi connectivity index (χ4n) is 2.47. The van der Waals surface area contributed by atoms with Crippen molar-refractivity contribution in [2.75, 3.05) is 7.11 Å². The third-order valence-electron chi connectivity index (χ3n) is 3.80. The van der Waals surface area contributed by atoms with Gasteiger partial charge in [-0.15, -0.1) is 0 Å². The number of phenolic OH excluding ortho intramolecular Hbond substituents is 1. The van der Waals surface area contributed by atoms with E-state index in [1.165, 1.54) is 13.2 Å². The summed E-state index contributed by atoms with van der Waals surface area (Å²) in [7, 11) is 1.48. The van der Waals surface area contributed by atoms with Crippen LogP contribution < -0.4 is 10.1 Å². The van der Waals surface area contributed by atoms with Crippen molar-refractivity contribution in [1.29, 1.82) is 0 Å². The van der Waals surface area contributed by atoms with Crippen LogP contribution in [0.25, 0.3) is 11.5 Å². The molecule has 0 spiro atoms. The molecule has 6 nitrogen and oxygen atoms in total. The number of aryl methyl sites for hydroxylation is 1. The number of furan rings is 1. The van der Waals surface area contributed by atoms with Crippen molar-refractivity contribution in [1.82, 2.24) is 10.3 Å². The Morgan fingerprint density at radius 1 is 1.28 bits per heavy atom. The van der Waals surface area contributed by atoms with Gasteiger partial charge in [0.2, 0.25) is 0 Å². The number of aromatic nitrogens is 1. The summed E-state index contributed by atoms with van der Waals surface area (Å²) in [6, 6.07) is 12.0. The van der Waals surface area contributed by atoms with Crippen LogP contribution >= 0.6 is 0 Å². The second-order valence-electron chi connectivity index (χ2n) is 5.50. The molecular weight excluding hydrogens is 320 g/mol. The van der Waals surface area contributed by atoms with Gasteiger partial charge in [0.05, 0.1) is 24.6 Å². The molecule has 1 amide bonds. The van der Waals surface area contributed by atoms with Crippen molar-refractivity contribution >= 4 is 5.91 Å². The highest BCUT2D eigenvalue weighted by atomic mass is 16.5. The number of hydrogen-bond acceptors (Lipinski definition) is 5. The lowest BCUT2D eigenvalue weighted by Crippen LogP contribution is -2.24. The lowest BCUT2D eigenvalue weighted by molar-refractivity contribution is 0.0950. The van der Waals surface area contributed by atoms with E-state index >= 15 is 0 Å². The van der Waals surface area contributed by atoms with Gasteiger partial charge in [0.25, 0.3) is 5.91 Å². The second kappa shape index (κ2) is 7.09. The molecule has 2 heterocycles. The van der Waals surface area contributed by atoms with Gasteiger partial charge in [-0.1, -0.05) is 6.07 Å². The average molecular weight is 338 g/mol. The average Bonchev–Trinajstić information content (AvgIpc) is 3.15. The Bertz CT molecular complexity index is 888. The lowest BCUT2D eigenvalue weighted by atomic mass is 10.1. The van der Waals surface area contributed by atoms with Gasteiger partial charge in [0, 0.05) is 6.54 Å². The number of methoxy groups -OCH3 is 1. The van der Waals surface area contributed by atoms with E-state index in [4.69, 9.17) is 9.15 Å². The molecule has 2 aromatic heterocycles. The van der Waals surface area contributed by atoms with Gasteiger partial charge in [-0.25, -0.2) is 4.98 Å². The number of rotatable bonds is 5. The molecule has 0 fully saturated rings. The van der Waals surface area contributed by atoms with Gasteiger partial charge in [-0.2, -0.15) is 0 Å². The number of hydrogen-bond donors (Lipinski definition) is 2. The van der Waals surface area contributed by atoms with Gasteiger partial charge in [0.15, 0.2) is 17.3 Å². The van der Waals surface area contributed by atoms with E-state index in [0.717, 1.165) is 5.56 Å². The normalized spacial score (nSPS) is 10.5. The molecule has 2 N–H and O–H groups in total. The number of aromatic hydroxyl groups is 1. The van der Waals surface area contributed by atoms with Crippen molar-refractivity contribution in [2.45, 2.75) is 13.5 Å². The number of nitrogens with zero attached hydrogens (tertiary/aromatic N) is 1. The molecule has 3 rings (SSSR count). The Morgan fingerprint density at radius 2 is 2.12 bits per heavy atom. The summed E-state index contributed by atoms with van der Waals surface area (Å²) < 4.78 is 10.4. The number of carbonyl (C=O) groups is 1. The van der Waals surface area contributed by atoms with E-state index in [-0.39, 0.29) is 11.7 Å². The van der Waals surface area contributed by atoms with Gasteiger partial charge in [0.1, 0.15) is 5.69 Å². The fraction of sp³-hybridized carbons (Fsp3) is 0.158. The Morgan fingerprint density at radius 3 is 2.80 bits per heavy atom. The largest absolute Gasteiger partial charge is 0.504 e. The fourth-order valence-corrected chi connectivity index (χ4v) is 2.47. The van der Waals surface area contributed by atoms with Crippen LogP contribution in [0.2, 0.25) is 0 Å². The molecular formula is C19H18N2O4. The van der Waals surface area contributed by atoms with Crippen LogP contribution in [0.4, 0.5) is 0 Å². The molecule has 25 heavy (non-hydrogen) atoms. The number of ether oxygens (including phenoxy) is 1. The first-order valence-corrected chi connectivity index (χ1v) is 7.74. The molecule has 6 heteroatoms. The molecule has 0 aliphatic rings. The van der Waals surface area contributed by atoms with Gasteiger partial charge in [-0.05, 0) is 48.9 Å². The van der Waals surface area contributed by atoms with E-state index < -0.39 is 0 Å². The number of benzene rings is 1. The maximum Gasteiger partial charge on any atom is 0.253 e. The summed E-state index contributed by atoms with van der Waals surface area (Å²) in [5, 5.41) is 12.4. The highest BCUT2D eigenvalue weighted by molar-refractivity contribution is 5.95. The number of pyridine rings is 1. The molecule has 0 bridgehead atoms. The van der Waals surface area contributed by atoms with Crippen molar-refractivity contribution in [3.8, 4) is 23.0 Å². The monoisotopic (exact) mass is 338 g/mol. The molecule has 1 aromatic carbocycles. The number of amides is 1. The second-order valence-corrected chi connectivity index (χ2v) is 5.50. The van der Waals surface area contributed by atoms with Gasteiger partial charge >= 0.3 is 0 Å². The third-order valence-corrected chi connectivity index (χ3v) is 3.80. The van der Waals surface area contributed by atoms with Crippen LogP contribution in [0, 0.1) is 6.92 Å². The van der Waals surface area contributed by atoms with Crippen LogP contribution in [0.1, 0.15) is 21.6 Å². The smallest absolute Gasteiger partial charge is 0.253 e. The summed E-state index contributed by atoms with van der Waals surface area (Å²) in [4.78, 5) is 16.8. The Kier molecular flexibility index (Phi) is 4.70. The zero-order chi connectivity index (χ0) is 17.8. The summed E-state index contributed by atoms with van der Waals surface area (Å²) in [5.41, 5.74) is 2.62. The minimum absolute atomic E-state index is 0.0612. The quantitative estimate of drug-likeness (QED) is 0.746. The minimum atomic E-state index is -0.219. The summed E-state index contributed by atoms with van der Waals surface area (Å²) in [6.45, 7) is 2.10. The highest BCUT2D eigenvalue weighted by Crippen LogP contribution is 2.26. The third kappa shape index (κ3) is 3.63.